The highest BCUT2D eigenvalue weighted by Gasteiger charge is 2.18. The number of fused-ring (bicyclic) bond motifs is 1. The van der Waals surface area contributed by atoms with Crippen LogP contribution in [0.4, 0.5) is 4.39 Å². The van der Waals surface area contributed by atoms with Crippen LogP contribution in [0.15, 0.2) is 42.5 Å². The number of esters is 1. The van der Waals surface area contributed by atoms with Crippen LogP contribution in [0.1, 0.15) is 12.5 Å². The molecule has 0 radical (unpaired) electrons. The third kappa shape index (κ3) is 3.08. The van der Waals surface area contributed by atoms with Crippen LogP contribution in [0, 0.1) is 5.82 Å². The van der Waals surface area contributed by atoms with Crippen molar-refractivity contribution in [2.24, 2.45) is 0 Å². The Morgan fingerprint density at radius 3 is 2.78 bits per heavy atom. The van der Waals surface area contributed by atoms with Crippen molar-refractivity contribution in [2.45, 2.75) is 13.3 Å². The average molecular weight is 332 g/mol. The number of H-pyrrole nitrogens is 1. The number of aromatic nitrogens is 1. The third-order valence-corrected chi connectivity index (χ3v) is 3.97. The van der Waals surface area contributed by atoms with E-state index in [4.69, 9.17) is 16.3 Å². The highest BCUT2D eigenvalue weighted by atomic mass is 35.5. The number of benzene rings is 2. The van der Waals surface area contributed by atoms with E-state index >= 15 is 0 Å². The first-order valence-electron chi connectivity index (χ1n) is 7.30. The normalized spacial score (nSPS) is 10.9. The van der Waals surface area contributed by atoms with E-state index in [1.54, 1.807) is 19.1 Å². The Bertz CT molecular complexity index is 873. The lowest BCUT2D eigenvalue weighted by atomic mass is 10.0. The van der Waals surface area contributed by atoms with Gasteiger partial charge in [-0.15, -0.1) is 0 Å². The van der Waals surface area contributed by atoms with Crippen molar-refractivity contribution in [3.8, 4) is 11.3 Å². The highest BCUT2D eigenvalue weighted by molar-refractivity contribution is 6.33. The Hall–Kier alpha value is -2.33. The van der Waals surface area contributed by atoms with Crippen molar-refractivity contribution >= 4 is 28.5 Å². The van der Waals surface area contributed by atoms with Crippen LogP contribution in [0.3, 0.4) is 0 Å². The van der Waals surface area contributed by atoms with Crippen molar-refractivity contribution in [3.05, 3.63) is 58.9 Å². The summed E-state index contributed by atoms with van der Waals surface area (Å²) in [7, 11) is 0. The predicted molar refractivity (Wildman–Crippen MR) is 89.0 cm³/mol. The molecule has 23 heavy (non-hydrogen) atoms. The third-order valence-electron chi connectivity index (χ3n) is 3.64. The molecule has 2 aromatic carbocycles. The Balaban J connectivity index is 2.20. The van der Waals surface area contributed by atoms with E-state index in [1.165, 1.54) is 12.1 Å². The summed E-state index contributed by atoms with van der Waals surface area (Å²) in [5, 5.41) is 1.22. The van der Waals surface area contributed by atoms with Crippen LogP contribution < -0.4 is 0 Å². The predicted octanol–water partition coefficient (Wildman–Crippen LogP) is 4.73. The zero-order valence-electron chi connectivity index (χ0n) is 12.5. The van der Waals surface area contributed by atoms with Crippen molar-refractivity contribution in [1.29, 1.82) is 0 Å². The summed E-state index contributed by atoms with van der Waals surface area (Å²) < 4.78 is 18.7. The minimum absolute atomic E-state index is 0.0534. The van der Waals surface area contributed by atoms with E-state index in [1.807, 2.05) is 18.2 Å². The highest BCUT2D eigenvalue weighted by Crippen LogP contribution is 2.35. The quantitative estimate of drug-likeness (QED) is 0.702. The van der Waals surface area contributed by atoms with E-state index in [-0.39, 0.29) is 18.2 Å². The standard InChI is InChI=1S/C18H15ClFNO2/c1-2-23-17(22)10-14-13-9-11(20)7-8-16(13)21-18(14)12-5-3-4-6-15(12)19/h3-9,21H,2,10H2,1H3. The van der Waals surface area contributed by atoms with Gasteiger partial charge in [-0.1, -0.05) is 29.8 Å². The molecule has 0 bridgehead atoms. The summed E-state index contributed by atoms with van der Waals surface area (Å²) in [5.41, 5.74) is 2.92. The van der Waals surface area contributed by atoms with E-state index in [0.29, 0.717) is 28.3 Å². The topological polar surface area (TPSA) is 42.1 Å². The van der Waals surface area contributed by atoms with Gasteiger partial charge in [0.05, 0.1) is 18.7 Å². The van der Waals surface area contributed by atoms with Gasteiger partial charge in [0.1, 0.15) is 5.82 Å². The van der Waals surface area contributed by atoms with Gasteiger partial charge in [-0.2, -0.15) is 0 Å². The number of hydrogen-bond acceptors (Lipinski definition) is 2. The summed E-state index contributed by atoms with van der Waals surface area (Å²) in [6.45, 7) is 2.05. The van der Waals surface area contributed by atoms with Crippen LogP contribution in [-0.4, -0.2) is 17.6 Å². The van der Waals surface area contributed by atoms with Gasteiger partial charge in [0.2, 0.25) is 0 Å². The Morgan fingerprint density at radius 2 is 2.04 bits per heavy atom. The van der Waals surface area contributed by atoms with Crippen molar-refractivity contribution < 1.29 is 13.9 Å². The number of halogens is 2. The fraction of sp³-hybridized carbons (Fsp3) is 0.167. The molecule has 1 N–H and O–H groups in total. The Kier molecular flexibility index (Phi) is 4.35. The number of carbonyl (C=O) groups excluding carboxylic acids is 1. The van der Waals surface area contributed by atoms with Gasteiger partial charge in [0, 0.05) is 21.5 Å². The van der Waals surface area contributed by atoms with Crippen LogP contribution in [-0.2, 0) is 16.0 Å². The van der Waals surface area contributed by atoms with E-state index < -0.39 is 0 Å². The minimum atomic E-state index is -0.356. The second-order valence-corrected chi connectivity index (χ2v) is 5.54. The minimum Gasteiger partial charge on any atom is -0.466 e. The van der Waals surface area contributed by atoms with Gasteiger partial charge >= 0.3 is 5.97 Å². The Labute approximate surface area is 138 Å². The first kappa shape index (κ1) is 15.6. The van der Waals surface area contributed by atoms with E-state index in [0.717, 1.165) is 11.1 Å². The van der Waals surface area contributed by atoms with Gasteiger partial charge in [-0.05, 0) is 36.8 Å². The summed E-state index contributed by atoms with van der Waals surface area (Å²) >= 11 is 6.28. The van der Waals surface area contributed by atoms with Gasteiger partial charge in [-0.25, -0.2) is 4.39 Å². The molecule has 0 aliphatic carbocycles. The molecule has 0 amide bonds. The number of rotatable bonds is 4. The second kappa shape index (κ2) is 6.42. The molecular formula is C18H15ClFNO2. The van der Waals surface area contributed by atoms with Gasteiger partial charge in [0.15, 0.2) is 0 Å². The lowest BCUT2D eigenvalue weighted by molar-refractivity contribution is -0.142. The summed E-state index contributed by atoms with van der Waals surface area (Å²) in [6.07, 6.45) is 0.0534. The molecule has 0 fully saturated rings. The smallest absolute Gasteiger partial charge is 0.310 e. The maximum atomic E-state index is 13.6. The van der Waals surface area contributed by atoms with Crippen LogP contribution in [0.2, 0.25) is 5.02 Å². The molecule has 118 valence electrons. The van der Waals surface area contributed by atoms with Crippen molar-refractivity contribution in [3.63, 3.8) is 0 Å². The molecule has 5 heteroatoms. The number of nitrogens with one attached hydrogen (secondary N) is 1. The van der Waals surface area contributed by atoms with Crippen LogP contribution in [0.5, 0.6) is 0 Å². The van der Waals surface area contributed by atoms with Crippen molar-refractivity contribution in [1.82, 2.24) is 4.98 Å². The lowest BCUT2D eigenvalue weighted by Crippen LogP contribution is -2.08. The van der Waals surface area contributed by atoms with Crippen LogP contribution in [0.25, 0.3) is 22.2 Å². The lowest BCUT2D eigenvalue weighted by Gasteiger charge is -2.07. The second-order valence-electron chi connectivity index (χ2n) is 5.13. The average Bonchev–Trinajstić information content (AvgIpc) is 2.86. The molecule has 0 unspecified atom stereocenters. The fourth-order valence-electron chi connectivity index (χ4n) is 2.65. The zero-order valence-corrected chi connectivity index (χ0v) is 13.3. The molecule has 3 aromatic rings. The molecule has 0 aliphatic heterocycles. The fourth-order valence-corrected chi connectivity index (χ4v) is 2.88. The molecule has 1 aromatic heterocycles. The van der Waals surface area contributed by atoms with Gasteiger partial charge in [-0.3, -0.25) is 4.79 Å². The molecule has 3 rings (SSSR count). The number of hydrogen-bond donors (Lipinski definition) is 1. The maximum absolute atomic E-state index is 13.6. The molecular weight excluding hydrogens is 317 g/mol. The molecule has 1 heterocycles. The number of ether oxygens (including phenoxy) is 1. The van der Waals surface area contributed by atoms with Crippen LogP contribution >= 0.6 is 11.6 Å². The van der Waals surface area contributed by atoms with Gasteiger partial charge in [0.25, 0.3) is 0 Å². The van der Waals surface area contributed by atoms with Crippen molar-refractivity contribution in [2.75, 3.05) is 6.61 Å². The molecule has 0 saturated heterocycles. The molecule has 0 aliphatic rings. The first-order valence-corrected chi connectivity index (χ1v) is 7.68. The SMILES string of the molecule is CCOC(=O)Cc1c(-c2ccccc2Cl)[nH]c2ccc(F)cc12. The first-order chi connectivity index (χ1) is 11.1. The summed E-state index contributed by atoms with van der Waals surface area (Å²) in [4.78, 5) is 15.2. The molecule has 0 saturated carbocycles. The monoisotopic (exact) mass is 331 g/mol. The summed E-state index contributed by atoms with van der Waals surface area (Å²) in [5.74, 6) is -0.710. The molecule has 0 spiro atoms. The largest absolute Gasteiger partial charge is 0.466 e. The Morgan fingerprint density at radius 1 is 1.26 bits per heavy atom. The molecule has 0 atom stereocenters. The number of carbonyl (C=O) groups is 1. The summed E-state index contributed by atoms with van der Waals surface area (Å²) in [6, 6.07) is 11.8. The zero-order chi connectivity index (χ0) is 16.4. The van der Waals surface area contributed by atoms with E-state index in [9.17, 15) is 9.18 Å². The molecule has 3 nitrogen and oxygen atoms in total. The maximum Gasteiger partial charge on any atom is 0.310 e. The van der Waals surface area contributed by atoms with Gasteiger partial charge < -0.3 is 9.72 Å². The van der Waals surface area contributed by atoms with E-state index in [2.05, 4.69) is 4.98 Å². The number of aromatic amines is 1.